The molecule has 0 aliphatic heterocycles. The van der Waals surface area contributed by atoms with Crippen molar-refractivity contribution in [1.82, 2.24) is 4.90 Å². The topological polar surface area (TPSA) is 38.5 Å². The van der Waals surface area contributed by atoms with Gasteiger partial charge in [0.1, 0.15) is 0 Å². The summed E-state index contributed by atoms with van der Waals surface area (Å²) in [5.41, 5.74) is 5.47. The average Bonchev–Trinajstić information content (AvgIpc) is 2.09. The molecule has 0 rings (SSSR count). The molecule has 4 heteroatoms. The first-order chi connectivity index (χ1) is 6.56. The van der Waals surface area contributed by atoms with E-state index in [0.717, 1.165) is 26.3 Å². The Hall–Kier alpha value is -0.190. The van der Waals surface area contributed by atoms with E-state index in [0.29, 0.717) is 17.5 Å². The number of ether oxygens (including phenoxy) is 1. The van der Waals surface area contributed by atoms with Gasteiger partial charge in [0, 0.05) is 19.7 Å². The Balaban J connectivity index is 3.47. The number of hydrogen-bond acceptors (Lipinski definition) is 3. The molecule has 0 aromatic rings. The normalized spacial score (nSPS) is 11.2. The molecule has 0 atom stereocenters. The van der Waals surface area contributed by atoms with Gasteiger partial charge in [-0.2, -0.15) is 0 Å². The molecule has 0 heterocycles. The Morgan fingerprint density at radius 2 is 2.14 bits per heavy atom. The lowest BCUT2D eigenvalue weighted by atomic mass is 10.2. The van der Waals surface area contributed by atoms with Crippen molar-refractivity contribution in [1.29, 1.82) is 0 Å². The van der Waals surface area contributed by atoms with Crippen LogP contribution in [0.25, 0.3) is 0 Å². The van der Waals surface area contributed by atoms with Gasteiger partial charge in [0.25, 0.3) is 0 Å². The van der Waals surface area contributed by atoms with E-state index in [1.807, 2.05) is 0 Å². The summed E-state index contributed by atoms with van der Waals surface area (Å²) < 4.78 is 5.48. The highest BCUT2D eigenvalue weighted by atomic mass is 32.1. The number of likely N-dealkylation sites (N-methyl/N-ethyl adjacent to an activating group) is 1. The third-order valence-corrected chi connectivity index (χ3v) is 1.96. The SMILES string of the molecule is CCN(CCOCC(C)C)CC(N)=S. The maximum atomic E-state index is 5.48. The monoisotopic (exact) mass is 218 g/mol. The van der Waals surface area contributed by atoms with E-state index in [2.05, 4.69) is 25.7 Å². The van der Waals surface area contributed by atoms with Crippen LogP contribution in [0, 0.1) is 5.92 Å². The Morgan fingerprint density at radius 3 is 2.57 bits per heavy atom. The van der Waals surface area contributed by atoms with Crippen molar-refractivity contribution in [2.75, 3.05) is 32.8 Å². The van der Waals surface area contributed by atoms with Gasteiger partial charge in [-0.15, -0.1) is 0 Å². The number of rotatable bonds is 8. The second-order valence-corrected chi connectivity index (χ2v) is 4.33. The molecule has 0 saturated carbocycles. The van der Waals surface area contributed by atoms with Crippen LogP contribution in [0.4, 0.5) is 0 Å². The summed E-state index contributed by atoms with van der Waals surface area (Å²) in [4.78, 5) is 2.73. The molecule has 14 heavy (non-hydrogen) atoms. The second kappa shape index (κ2) is 8.15. The minimum absolute atomic E-state index is 0.552. The summed E-state index contributed by atoms with van der Waals surface area (Å²) in [6, 6.07) is 0. The summed E-state index contributed by atoms with van der Waals surface area (Å²) in [5, 5.41) is 0. The maximum Gasteiger partial charge on any atom is 0.0870 e. The van der Waals surface area contributed by atoms with Gasteiger partial charge in [0.15, 0.2) is 0 Å². The van der Waals surface area contributed by atoms with Crippen molar-refractivity contribution < 1.29 is 4.74 Å². The minimum atomic E-state index is 0.552. The van der Waals surface area contributed by atoms with E-state index in [1.165, 1.54) is 0 Å². The van der Waals surface area contributed by atoms with E-state index >= 15 is 0 Å². The molecule has 0 radical (unpaired) electrons. The van der Waals surface area contributed by atoms with Crippen LogP contribution in [0.2, 0.25) is 0 Å². The second-order valence-electron chi connectivity index (χ2n) is 3.80. The summed E-state index contributed by atoms with van der Waals surface area (Å²) in [6.07, 6.45) is 0. The van der Waals surface area contributed by atoms with Crippen LogP contribution in [0.3, 0.4) is 0 Å². The zero-order valence-corrected chi connectivity index (χ0v) is 10.3. The van der Waals surface area contributed by atoms with E-state index < -0.39 is 0 Å². The van der Waals surface area contributed by atoms with Gasteiger partial charge in [0.05, 0.1) is 11.6 Å². The fraction of sp³-hybridized carbons (Fsp3) is 0.900. The van der Waals surface area contributed by atoms with Crippen LogP contribution in [-0.4, -0.2) is 42.7 Å². The largest absolute Gasteiger partial charge is 0.392 e. The lowest BCUT2D eigenvalue weighted by Crippen LogP contribution is -2.35. The molecular formula is C10H22N2OS. The van der Waals surface area contributed by atoms with Crippen LogP contribution in [0.1, 0.15) is 20.8 Å². The van der Waals surface area contributed by atoms with Crippen LogP contribution in [0.15, 0.2) is 0 Å². The third kappa shape index (κ3) is 8.41. The molecule has 0 aliphatic carbocycles. The first-order valence-electron chi connectivity index (χ1n) is 5.14. The highest BCUT2D eigenvalue weighted by Crippen LogP contribution is 1.93. The van der Waals surface area contributed by atoms with Crippen molar-refractivity contribution in [2.24, 2.45) is 11.7 Å². The van der Waals surface area contributed by atoms with Crippen LogP contribution in [-0.2, 0) is 4.74 Å². The van der Waals surface area contributed by atoms with Crippen molar-refractivity contribution in [2.45, 2.75) is 20.8 Å². The molecular weight excluding hydrogens is 196 g/mol. The highest BCUT2D eigenvalue weighted by Gasteiger charge is 2.03. The van der Waals surface area contributed by atoms with Crippen molar-refractivity contribution >= 4 is 17.2 Å². The first-order valence-corrected chi connectivity index (χ1v) is 5.55. The lowest BCUT2D eigenvalue weighted by Gasteiger charge is -2.19. The third-order valence-electron chi connectivity index (χ3n) is 1.83. The molecule has 0 aromatic carbocycles. The number of nitrogens with zero attached hydrogens (tertiary/aromatic N) is 1. The smallest absolute Gasteiger partial charge is 0.0870 e. The number of hydrogen-bond donors (Lipinski definition) is 1. The fourth-order valence-electron chi connectivity index (χ4n) is 1.08. The van der Waals surface area contributed by atoms with Crippen molar-refractivity contribution in [3.05, 3.63) is 0 Å². The van der Waals surface area contributed by atoms with Crippen LogP contribution in [0.5, 0.6) is 0 Å². The van der Waals surface area contributed by atoms with Gasteiger partial charge in [-0.3, -0.25) is 4.90 Å². The summed E-state index contributed by atoms with van der Waals surface area (Å²) in [5.74, 6) is 0.598. The fourth-order valence-corrected chi connectivity index (χ4v) is 1.26. The molecule has 0 unspecified atom stereocenters. The molecule has 3 nitrogen and oxygen atoms in total. The van der Waals surface area contributed by atoms with Gasteiger partial charge in [-0.05, 0) is 12.5 Å². The maximum absolute atomic E-state index is 5.48. The molecule has 0 amide bonds. The van der Waals surface area contributed by atoms with Crippen molar-refractivity contribution in [3.8, 4) is 0 Å². The Labute approximate surface area is 92.6 Å². The predicted octanol–water partition coefficient (Wildman–Crippen LogP) is 1.27. The van der Waals surface area contributed by atoms with E-state index in [1.54, 1.807) is 0 Å². The number of thiocarbonyl (C=S) groups is 1. The highest BCUT2D eigenvalue weighted by molar-refractivity contribution is 7.80. The zero-order chi connectivity index (χ0) is 11.0. The first kappa shape index (κ1) is 13.8. The Morgan fingerprint density at radius 1 is 1.50 bits per heavy atom. The molecule has 0 aromatic heterocycles. The molecule has 0 saturated heterocycles. The lowest BCUT2D eigenvalue weighted by molar-refractivity contribution is 0.0905. The van der Waals surface area contributed by atoms with Gasteiger partial charge in [0.2, 0.25) is 0 Å². The number of nitrogens with two attached hydrogens (primary N) is 1. The Kier molecular flexibility index (Phi) is 8.04. The van der Waals surface area contributed by atoms with E-state index in [4.69, 9.17) is 22.7 Å². The standard InChI is InChI=1S/C10H22N2OS/c1-4-12(7-10(11)14)5-6-13-8-9(2)3/h9H,4-8H2,1-3H3,(H2,11,14). The summed E-state index contributed by atoms with van der Waals surface area (Å²) in [7, 11) is 0. The van der Waals surface area contributed by atoms with Gasteiger partial charge in [-0.1, -0.05) is 33.0 Å². The van der Waals surface area contributed by atoms with Crippen LogP contribution < -0.4 is 5.73 Å². The molecule has 0 spiro atoms. The van der Waals surface area contributed by atoms with Gasteiger partial charge < -0.3 is 10.5 Å². The summed E-state index contributed by atoms with van der Waals surface area (Å²) >= 11 is 4.85. The van der Waals surface area contributed by atoms with Gasteiger partial charge in [-0.25, -0.2) is 0 Å². The summed E-state index contributed by atoms with van der Waals surface area (Å²) in [6.45, 7) is 10.5. The molecule has 0 bridgehead atoms. The average molecular weight is 218 g/mol. The zero-order valence-electron chi connectivity index (χ0n) is 9.45. The molecule has 84 valence electrons. The van der Waals surface area contributed by atoms with Crippen LogP contribution >= 0.6 is 12.2 Å². The quantitative estimate of drug-likeness (QED) is 0.492. The molecule has 0 fully saturated rings. The van der Waals surface area contributed by atoms with E-state index in [9.17, 15) is 0 Å². The minimum Gasteiger partial charge on any atom is -0.392 e. The Bertz CT molecular complexity index is 162. The van der Waals surface area contributed by atoms with E-state index in [-0.39, 0.29) is 0 Å². The van der Waals surface area contributed by atoms with Gasteiger partial charge >= 0.3 is 0 Å². The van der Waals surface area contributed by atoms with Crippen molar-refractivity contribution in [3.63, 3.8) is 0 Å². The molecule has 0 aliphatic rings. The predicted molar refractivity (Wildman–Crippen MR) is 64.6 cm³/mol. The molecule has 2 N–H and O–H groups in total.